The summed E-state index contributed by atoms with van der Waals surface area (Å²) in [5, 5.41) is 3.66. The van der Waals surface area contributed by atoms with E-state index in [-0.39, 0.29) is 5.91 Å². The average Bonchev–Trinajstić information content (AvgIpc) is 2.88. The Morgan fingerprint density at radius 1 is 1.47 bits per heavy atom. The third-order valence-corrected chi connectivity index (χ3v) is 6.07. The van der Waals surface area contributed by atoms with E-state index in [1.807, 2.05) is 46.7 Å². The Balaban J connectivity index is 1.61. The molecule has 1 aliphatic rings. The quantitative estimate of drug-likeness (QED) is 0.635. The van der Waals surface area contributed by atoms with E-state index < -0.39 is 0 Å². The molecular formula is C14H20N2OS2. The lowest BCUT2D eigenvalue weighted by atomic mass is 10.1. The summed E-state index contributed by atoms with van der Waals surface area (Å²) in [5.41, 5.74) is 0.925. The summed E-state index contributed by atoms with van der Waals surface area (Å²) in [7, 11) is 3.99. The van der Waals surface area contributed by atoms with Crippen molar-refractivity contribution in [3.05, 3.63) is 23.9 Å². The van der Waals surface area contributed by atoms with Crippen molar-refractivity contribution in [2.75, 3.05) is 11.1 Å². The molecule has 1 aromatic rings. The lowest BCUT2D eigenvalue weighted by Gasteiger charge is -2.07. The molecule has 2 rings (SSSR count). The first-order chi connectivity index (χ1) is 9.24. The van der Waals surface area contributed by atoms with E-state index in [2.05, 4.69) is 10.3 Å². The Morgan fingerprint density at radius 3 is 3.11 bits per heavy atom. The second-order valence-electron chi connectivity index (χ2n) is 4.79. The SMILES string of the molecule is Cc1cccc(NC(=O)CCCCC2CCSS2)n1. The standard InChI is InChI=1S/C14H20N2OS2/c1-11-5-4-7-13(15-11)16-14(17)8-3-2-6-12-9-10-18-19-12/h4-5,7,12H,2-3,6,8-10H2,1H3,(H,15,16,17). The molecule has 0 spiro atoms. The minimum absolute atomic E-state index is 0.0755. The Hall–Kier alpha value is -0.680. The molecule has 0 radical (unpaired) electrons. The highest BCUT2D eigenvalue weighted by Gasteiger charge is 2.15. The predicted molar refractivity (Wildman–Crippen MR) is 84.5 cm³/mol. The molecule has 2 heterocycles. The molecule has 19 heavy (non-hydrogen) atoms. The van der Waals surface area contributed by atoms with E-state index in [0.717, 1.165) is 23.8 Å². The molecule has 1 amide bonds. The van der Waals surface area contributed by atoms with Gasteiger partial charge in [0, 0.05) is 23.1 Å². The van der Waals surface area contributed by atoms with Gasteiger partial charge in [0.2, 0.25) is 5.91 Å². The molecule has 0 bridgehead atoms. The number of pyridine rings is 1. The number of unbranched alkanes of at least 4 members (excludes halogenated alkanes) is 1. The van der Waals surface area contributed by atoms with E-state index in [0.29, 0.717) is 12.2 Å². The summed E-state index contributed by atoms with van der Waals surface area (Å²) >= 11 is 0. The number of hydrogen-bond donors (Lipinski definition) is 1. The number of amides is 1. The summed E-state index contributed by atoms with van der Waals surface area (Å²) in [6, 6.07) is 5.66. The van der Waals surface area contributed by atoms with Crippen LogP contribution in [0.1, 0.15) is 37.8 Å². The van der Waals surface area contributed by atoms with Gasteiger partial charge >= 0.3 is 0 Å². The maximum absolute atomic E-state index is 11.8. The zero-order valence-corrected chi connectivity index (χ0v) is 12.9. The summed E-state index contributed by atoms with van der Waals surface area (Å²) in [6.45, 7) is 1.92. The molecule has 1 fully saturated rings. The maximum atomic E-state index is 11.8. The van der Waals surface area contributed by atoms with Gasteiger partial charge in [0.25, 0.3) is 0 Å². The number of rotatable bonds is 6. The van der Waals surface area contributed by atoms with Crippen LogP contribution in [0.5, 0.6) is 0 Å². The Morgan fingerprint density at radius 2 is 2.37 bits per heavy atom. The molecule has 1 aliphatic heterocycles. The van der Waals surface area contributed by atoms with E-state index in [9.17, 15) is 4.79 Å². The molecule has 3 nitrogen and oxygen atoms in total. The van der Waals surface area contributed by atoms with Crippen molar-refractivity contribution in [3.8, 4) is 0 Å². The molecule has 0 aliphatic carbocycles. The molecule has 1 saturated heterocycles. The second kappa shape index (κ2) is 7.80. The first kappa shape index (κ1) is 14.7. The lowest BCUT2D eigenvalue weighted by molar-refractivity contribution is -0.116. The zero-order valence-electron chi connectivity index (χ0n) is 11.2. The monoisotopic (exact) mass is 296 g/mol. The molecule has 104 valence electrons. The second-order valence-corrected chi connectivity index (χ2v) is 7.57. The topological polar surface area (TPSA) is 42.0 Å². The Kier molecular flexibility index (Phi) is 6.04. The molecule has 0 aromatic carbocycles. The minimum Gasteiger partial charge on any atom is -0.311 e. The number of anilines is 1. The van der Waals surface area contributed by atoms with E-state index in [1.165, 1.54) is 18.6 Å². The van der Waals surface area contributed by atoms with Crippen LogP contribution in [0, 0.1) is 6.92 Å². The highest BCUT2D eigenvalue weighted by atomic mass is 33.1. The van der Waals surface area contributed by atoms with Gasteiger partial charge in [-0.3, -0.25) is 4.79 Å². The van der Waals surface area contributed by atoms with Crippen molar-refractivity contribution in [3.63, 3.8) is 0 Å². The van der Waals surface area contributed by atoms with Crippen molar-refractivity contribution in [2.45, 2.75) is 44.3 Å². The van der Waals surface area contributed by atoms with Crippen LogP contribution in [-0.4, -0.2) is 21.9 Å². The van der Waals surface area contributed by atoms with Gasteiger partial charge in [-0.2, -0.15) is 0 Å². The molecule has 1 aromatic heterocycles. The van der Waals surface area contributed by atoms with E-state index >= 15 is 0 Å². The lowest BCUT2D eigenvalue weighted by Crippen LogP contribution is -2.12. The van der Waals surface area contributed by atoms with Crippen LogP contribution in [0.3, 0.4) is 0 Å². The van der Waals surface area contributed by atoms with Gasteiger partial charge in [0.15, 0.2) is 0 Å². The highest BCUT2D eigenvalue weighted by molar-refractivity contribution is 8.77. The van der Waals surface area contributed by atoms with Gasteiger partial charge in [-0.15, -0.1) is 0 Å². The summed E-state index contributed by atoms with van der Waals surface area (Å²) < 4.78 is 0. The van der Waals surface area contributed by atoms with Gasteiger partial charge in [-0.1, -0.05) is 34.1 Å². The first-order valence-corrected chi connectivity index (χ1v) is 9.14. The van der Waals surface area contributed by atoms with Crippen molar-refractivity contribution < 1.29 is 4.79 Å². The smallest absolute Gasteiger partial charge is 0.225 e. The molecule has 1 atom stereocenters. The van der Waals surface area contributed by atoms with E-state index in [1.54, 1.807) is 0 Å². The first-order valence-electron chi connectivity index (χ1n) is 6.76. The van der Waals surface area contributed by atoms with Crippen molar-refractivity contribution >= 4 is 33.3 Å². The number of carbonyl (C=O) groups is 1. The third kappa shape index (κ3) is 5.45. The zero-order chi connectivity index (χ0) is 13.5. The molecule has 1 N–H and O–H groups in total. The number of aromatic nitrogens is 1. The number of aryl methyl sites for hydroxylation is 1. The largest absolute Gasteiger partial charge is 0.311 e. The normalized spacial score (nSPS) is 18.5. The molecule has 1 unspecified atom stereocenters. The van der Waals surface area contributed by atoms with Crippen LogP contribution in [0.15, 0.2) is 18.2 Å². The van der Waals surface area contributed by atoms with Crippen molar-refractivity contribution in [2.24, 2.45) is 0 Å². The predicted octanol–water partition coefficient (Wildman–Crippen LogP) is 4.04. The highest BCUT2D eigenvalue weighted by Crippen LogP contribution is 2.39. The van der Waals surface area contributed by atoms with E-state index in [4.69, 9.17) is 0 Å². The number of hydrogen-bond acceptors (Lipinski definition) is 4. The Bertz CT molecular complexity index is 420. The van der Waals surface area contributed by atoms with Crippen LogP contribution in [-0.2, 0) is 4.79 Å². The third-order valence-electron chi connectivity index (χ3n) is 3.06. The van der Waals surface area contributed by atoms with Gasteiger partial charge in [-0.05, 0) is 38.3 Å². The van der Waals surface area contributed by atoms with Crippen molar-refractivity contribution in [1.29, 1.82) is 0 Å². The average molecular weight is 296 g/mol. The van der Waals surface area contributed by atoms with Gasteiger partial charge in [-0.25, -0.2) is 4.98 Å². The Labute approximate surface area is 122 Å². The fraction of sp³-hybridized carbons (Fsp3) is 0.571. The molecular weight excluding hydrogens is 276 g/mol. The molecule has 5 heteroatoms. The van der Waals surface area contributed by atoms with Crippen LogP contribution >= 0.6 is 21.6 Å². The summed E-state index contributed by atoms with van der Waals surface area (Å²) in [5.74, 6) is 2.02. The number of carbonyl (C=O) groups excluding carboxylic acids is 1. The van der Waals surface area contributed by atoms with Gasteiger partial charge < -0.3 is 5.32 Å². The van der Waals surface area contributed by atoms with Crippen LogP contribution in [0.2, 0.25) is 0 Å². The number of nitrogens with zero attached hydrogens (tertiary/aromatic N) is 1. The minimum atomic E-state index is 0.0755. The fourth-order valence-electron chi connectivity index (χ4n) is 2.04. The van der Waals surface area contributed by atoms with Crippen LogP contribution in [0.4, 0.5) is 5.82 Å². The van der Waals surface area contributed by atoms with Crippen LogP contribution in [0.25, 0.3) is 0 Å². The number of nitrogens with one attached hydrogen (secondary N) is 1. The molecule has 0 saturated carbocycles. The van der Waals surface area contributed by atoms with Gasteiger partial charge in [0.05, 0.1) is 0 Å². The summed E-state index contributed by atoms with van der Waals surface area (Å²) in [4.78, 5) is 16.0. The maximum Gasteiger partial charge on any atom is 0.225 e. The van der Waals surface area contributed by atoms with Crippen molar-refractivity contribution in [1.82, 2.24) is 4.98 Å². The summed E-state index contributed by atoms with van der Waals surface area (Å²) in [6.07, 6.45) is 5.29. The van der Waals surface area contributed by atoms with Crippen LogP contribution < -0.4 is 5.32 Å². The fourth-order valence-corrected chi connectivity index (χ4v) is 5.07. The van der Waals surface area contributed by atoms with Gasteiger partial charge in [0.1, 0.15) is 5.82 Å².